The number of nitrogens with zero attached hydrogens (tertiary/aromatic N) is 1. The first-order valence-corrected chi connectivity index (χ1v) is 9.23. The molecule has 1 saturated heterocycles. The summed E-state index contributed by atoms with van der Waals surface area (Å²) >= 11 is 0. The van der Waals surface area contributed by atoms with E-state index in [0.717, 1.165) is 18.4 Å². The zero-order chi connectivity index (χ0) is 15.1. The molecule has 5 heteroatoms. The number of hydrogen-bond donors (Lipinski definition) is 1. The van der Waals surface area contributed by atoms with Gasteiger partial charge in [0.2, 0.25) is 10.0 Å². The van der Waals surface area contributed by atoms with E-state index >= 15 is 0 Å². The van der Waals surface area contributed by atoms with Gasteiger partial charge in [-0.2, -0.15) is 4.31 Å². The Labute approximate surface area is 127 Å². The summed E-state index contributed by atoms with van der Waals surface area (Å²) in [4.78, 5) is 0.260. The van der Waals surface area contributed by atoms with Gasteiger partial charge in [0.15, 0.2) is 0 Å². The molecule has 2 N–H and O–H groups in total. The van der Waals surface area contributed by atoms with Crippen molar-refractivity contribution in [3.8, 4) is 0 Å². The van der Waals surface area contributed by atoms with E-state index in [1.54, 1.807) is 16.4 Å². The van der Waals surface area contributed by atoms with Crippen LogP contribution in [0.5, 0.6) is 0 Å². The minimum atomic E-state index is -3.45. The van der Waals surface area contributed by atoms with Crippen molar-refractivity contribution in [2.24, 2.45) is 5.41 Å². The van der Waals surface area contributed by atoms with Crippen molar-refractivity contribution in [2.45, 2.75) is 50.3 Å². The summed E-state index contributed by atoms with van der Waals surface area (Å²) in [5, 5.41) is 0. The summed E-state index contributed by atoms with van der Waals surface area (Å²) in [6.45, 7) is 3.18. The first-order valence-electron chi connectivity index (χ1n) is 7.79. The Balaban J connectivity index is 1.80. The standard InChI is InChI=1S/C16H24N2O2S/c1-13-4-5-15(14(17)12-13)21(19,20)18-10-8-16(9-11-18)6-2-3-7-16/h4-5,12H,2-3,6-11,17H2,1H3. The number of benzene rings is 1. The van der Waals surface area contributed by atoms with Crippen molar-refractivity contribution < 1.29 is 8.42 Å². The molecule has 1 spiro atoms. The highest BCUT2D eigenvalue weighted by atomic mass is 32.2. The van der Waals surface area contributed by atoms with Crippen LogP contribution >= 0.6 is 0 Å². The van der Waals surface area contributed by atoms with E-state index in [1.165, 1.54) is 25.7 Å². The molecule has 2 aliphatic rings. The third-order valence-corrected chi connectivity index (χ3v) is 7.20. The molecule has 0 radical (unpaired) electrons. The van der Waals surface area contributed by atoms with Crippen LogP contribution in [-0.4, -0.2) is 25.8 Å². The molecule has 3 rings (SSSR count). The van der Waals surface area contributed by atoms with Gasteiger partial charge in [-0.25, -0.2) is 8.42 Å². The third-order valence-electron chi connectivity index (χ3n) is 5.23. The van der Waals surface area contributed by atoms with Gasteiger partial charge in [-0.1, -0.05) is 18.9 Å². The van der Waals surface area contributed by atoms with Gasteiger partial charge in [0.1, 0.15) is 4.90 Å². The zero-order valence-corrected chi connectivity index (χ0v) is 13.5. The molecule has 1 heterocycles. The van der Waals surface area contributed by atoms with Gasteiger partial charge in [0.05, 0.1) is 5.69 Å². The van der Waals surface area contributed by atoms with Crippen LogP contribution in [0.3, 0.4) is 0 Å². The lowest BCUT2D eigenvalue weighted by atomic mass is 9.78. The van der Waals surface area contributed by atoms with Crippen LogP contribution in [0.1, 0.15) is 44.1 Å². The topological polar surface area (TPSA) is 63.4 Å². The van der Waals surface area contributed by atoms with Crippen molar-refractivity contribution >= 4 is 15.7 Å². The normalized spacial score (nSPS) is 22.7. The molecule has 0 amide bonds. The lowest BCUT2D eigenvalue weighted by Gasteiger charge is -2.38. The van der Waals surface area contributed by atoms with E-state index in [2.05, 4.69) is 0 Å². The Bertz CT molecular complexity index is 624. The third kappa shape index (κ3) is 2.69. The number of aryl methyl sites for hydroxylation is 1. The fourth-order valence-electron chi connectivity index (χ4n) is 3.87. The number of nitrogens with two attached hydrogens (primary N) is 1. The lowest BCUT2D eigenvalue weighted by Crippen LogP contribution is -2.42. The quantitative estimate of drug-likeness (QED) is 0.854. The molecule has 4 nitrogen and oxygen atoms in total. The summed E-state index contributed by atoms with van der Waals surface area (Å²) in [7, 11) is -3.45. The Morgan fingerprint density at radius 2 is 1.71 bits per heavy atom. The zero-order valence-electron chi connectivity index (χ0n) is 12.6. The first kappa shape index (κ1) is 14.9. The Kier molecular flexibility index (Phi) is 3.74. The average Bonchev–Trinajstić information content (AvgIpc) is 2.87. The largest absolute Gasteiger partial charge is 0.398 e. The number of nitrogen functional groups attached to an aromatic ring is 1. The second-order valence-electron chi connectivity index (χ2n) is 6.65. The second kappa shape index (κ2) is 5.29. The van der Waals surface area contributed by atoms with Gasteiger partial charge in [-0.05, 0) is 55.7 Å². The molecule has 0 unspecified atom stereocenters. The smallest absolute Gasteiger partial charge is 0.245 e. The van der Waals surface area contributed by atoms with Gasteiger partial charge < -0.3 is 5.73 Å². The van der Waals surface area contributed by atoms with Crippen molar-refractivity contribution in [1.29, 1.82) is 0 Å². The van der Waals surface area contributed by atoms with Gasteiger partial charge in [-0.3, -0.25) is 0 Å². The first-order chi connectivity index (χ1) is 9.93. The predicted octanol–water partition coefficient (Wildman–Crippen LogP) is 2.92. The SMILES string of the molecule is Cc1ccc(S(=O)(=O)N2CCC3(CCCC3)CC2)c(N)c1. The van der Waals surface area contributed by atoms with Gasteiger partial charge >= 0.3 is 0 Å². The minimum Gasteiger partial charge on any atom is -0.398 e. The molecule has 116 valence electrons. The summed E-state index contributed by atoms with van der Waals surface area (Å²) < 4.78 is 27.2. The van der Waals surface area contributed by atoms with Crippen molar-refractivity contribution in [1.82, 2.24) is 4.31 Å². The molecule has 0 aromatic heterocycles. The molecule has 1 aliphatic heterocycles. The van der Waals surface area contributed by atoms with E-state index in [-0.39, 0.29) is 4.90 Å². The number of piperidine rings is 1. The molecular formula is C16H24N2O2S. The van der Waals surface area contributed by atoms with Gasteiger partial charge in [0, 0.05) is 13.1 Å². The monoisotopic (exact) mass is 308 g/mol. The fraction of sp³-hybridized carbons (Fsp3) is 0.625. The number of anilines is 1. The van der Waals surface area contributed by atoms with Crippen LogP contribution in [0.15, 0.2) is 23.1 Å². The lowest BCUT2D eigenvalue weighted by molar-refractivity contribution is 0.160. The summed E-state index contributed by atoms with van der Waals surface area (Å²) in [5.41, 5.74) is 7.68. The Hall–Kier alpha value is -1.07. The van der Waals surface area contributed by atoms with Gasteiger partial charge in [-0.15, -0.1) is 0 Å². The highest BCUT2D eigenvalue weighted by molar-refractivity contribution is 7.89. The number of hydrogen-bond acceptors (Lipinski definition) is 3. The summed E-state index contributed by atoms with van der Waals surface area (Å²) in [6, 6.07) is 5.18. The molecule has 2 fully saturated rings. The molecular weight excluding hydrogens is 284 g/mol. The van der Waals surface area contributed by atoms with Crippen molar-refractivity contribution in [3.63, 3.8) is 0 Å². The molecule has 21 heavy (non-hydrogen) atoms. The van der Waals surface area contributed by atoms with Crippen LogP contribution in [0.25, 0.3) is 0 Å². The summed E-state index contributed by atoms with van der Waals surface area (Å²) in [6.07, 6.45) is 7.15. The van der Waals surface area contributed by atoms with E-state index in [0.29, 0.717) is 24.2 Å². The fourth-order valence-corrected chi connectivity index (χ4v) is 5.41. The Morgan fingerprint density at radius 3 is 2.29 bits per heavy atom. The predicted molar refractivity (Wildman–Crippen MR) is 84.5 cm³/mol. The average molecular weight is 308 g/mol. The molecule has 1 aliphatic carbocycles. The van der Waals surface area contributed by atoms with Crippen molar-refractivity contribution in [2.75, 3.05) is 18.8 Å². The van der Waals surface area contributed by atoms with E-state index in [9.17, 15) is 8.42 Å². The minimum absolute atomic E-state index is 0.260. The molecule has 1 aromatic carbocycles. The maximum atomic E-state index is 12.8. The van der Waals surface area contributed by atoms with Crippen LogP contribution < -0.4 is 5.73 Å². The summed E-state index contributed by atoms with van der Waals surface area (Å²) in [5.74, 6) is 0. The van der Waals surface area contributed by atoms with Crippen LogP contribution in [0.2, 0.25) is 0 Å². The highest BCUT2D eigenvalue weighted by Gasteiger charge is 2.40. The van der Waals surface area contributed by atoms with Crippen LogP contribution in [0, 0.1) is 12.3 Å². The molecule has 1 saturated carbocycles. The second-order valence-corrected chi connectivity index (χ2v) is 8.56. The molecule has 0 bridgehead atoms. The number of sulfonamides is 1. The van der Waals surface area contributed by atoms with Gasteiger partial charge in [0.25, 0.3) is 0 Å². The highest BCUT2D eigenvalue weighted by Crippen LogP contribution is 2.46. The number of rotatable bonds is 2. The van der Waals surface area contributed by atoms with E-state index < -0.39 is 10.0 Å². The maximum Gasteiger partial charge on any atom is 0.245 e. The van der Waals surface area contributed by atoms with E-state index in [1.807, 2.05) is 13.0 Å². The van der Waals surface area contributed by atoms with E-state index in [4.69, 9.17) is 5.73 Å². The maximum absolute atomic E-state index is 12.8. The van der Waals surface area contributed by atoms with Crippen LogP contribution in [0.4, 0.5) is 5.69 Å². The molecule has 0 atom stereocenters. The van der Waals surface area contributed by atoms with Crippen LogP contribution in [-0.2, 0) is 10.0 Å². The van der Waals surface area contributed by atoms with Crippen molar-refractivity contribution in [3.05, 3.63) is 23.8 Å². The molecule has 1 aromatic rings. The Morgan fingerprint density at radius 1 is 1.10 bits per heavy atom.